The molecule has 9 heteroatoms. The van der Waals surface area contributed by atoms with E-state index in [-0.39, 0.29) is 36.0 Å². The second-order valence-electron chi connectivity index (χ2n) is 7.96. The molecule has 1 heterocycles. The van der Waals surface area contributed by atoms with E-state index in [1.807, 2.05) is 63.2 Å². The molecule has 0 fully saturated rings. The quantitative estimate of drug-likeness (QED) is 0.143. The van der Waals surface area contributed by atoms with Gasteiger partial charge in [0, 0.05) is 38.4 Å². The highest BCUT2D eigenvalue weighted by Crippen LogP contribution is 2.15. The van der Waals surface area contributed by atoms with Crippen molar-refractivity contribution >= 4 is 52.7 Å². The maximum Gasteiger partial charge on any atom is 0.319 e. The van der Waals surface area contributed by atoms with Gasteiger partial charge in [0.15, 0.2) is 5.96 Å². The number of imidazole rings is 1. The molecule has 0 aliphatic carbocycles. The van der Waals surface area contributed by atoms with Crippen molar-refractivity contribution in [1.29, 1.82) is 0 Å². The molecule has 0 saturated carbocycles. The van der Waals surface area contributed by atoms with Crippen molar-refractivity contribution in [2.75, 3.05) is 18.9 Å². The van der Waals surface area contributed by atoms with E-state index < -0.39 is 0 Å². The predicted molar refractivity (Wildman–Crippen MR) is 146 cm³/mol. The maximum atomic E-state index is 11.8. The first-order chi connectivity index (χ1) is 15.5. The van der Waals surface area contributed by atoms with Crippen LogP contribution in [0.2, 0.25) is 0 Å². The molecule has 178 valence electrons. The van der Waals surface area contributed by atoms with E-state index in [0.29, 0.717) is 6.54 Å². The van der Waals surface area contributed by atoms with Gasteiger partial charge in [-0.25, -0.2) is 9.78 Å². The number of nitrogens with zero attached hydrogens (tertiary/aromatic N) is 3. The summed E-state index contributed by atoms with van der Waals surface area (Å²) >= 11 is 0. The van der Waals surface area contributed by atoms with Gasteiger partial charge >= 0.3 is 6.03 Å². The minimum absolute atomic E-state index is 0. The zero-order chi connectivity index (χ0) is 22.9. The smallest absolute Gasteiger partial charge is 0.319 e. The molecule has 3 aromatic rings. The van der Waals surface area contributed by atoms with Crippen molar-refractivity contribution in [1.82, 2.24) is 25.5 Å². The Morgan fingerprint density at radius 3 is 2.52 bits per heavy atom. The molecule has 0 spiro atoms. The molecule has 4 N–H and O–H groups in total. The van der Waals surface area contributed by atoms with E-state index in [2.05, 4.69) is 41.9 Å². The number of aromatic nitrogens is 2. The van der Waals surface area contributed by atoms with Crippen LogP contribution in [0.25, 0.3) is 11.0 Å². The number of fused-ring (bicyclic) bond motifs is 1. The Morgan fingerprint density at radius 1 is 1.09 bits per heavy atom. The number of carbonyl (C=O) groups is 1. The number of anilines is 1. The SMILES string of the molecule is CN=C(NCCCn1c(C)nc2ccccc21)NCc1ccc(NC(=O)NC(C)C)cc1.I. The minimum Gasteiger partial charge on any atom is -0.356 e. The number of amides is 2. The Balaban J connectivity index is 0.00000385. The van der Waals surface area contributed by atoms with E-state index in [0.717, 1.165) is 48.1 Å². The lowest BCUT2D eigenvalue weighted by molar-refractivity contribution is 0.250. The Hall–Kier alpha value is -2.82. The fraction of sp³-hybridized carbons (Fsp3) is 0.375. The number of guanidine groups is 1. The van der Waals surface area contributed by atoms with Gasteiger partial charge in [-0.05, 0) is 57.0 Å². The highest BCUT2D eigenvalue weighted by Gasteiger charge is 2.07. The van der Waals surface area contributed by atoms with Crippen LogP contribution >= 0.6 is 24.0 Å². The van der Waals surface area contributed by atoms with Crippen LogP contribution in [0.1, 0.15) is 31.7 Å². The molecule has 1 aromatic heterocycles. The first-order valence-corrected chi connectivity index (χ1v) is 11.0. The Labute approximate surface area is 212 Å². The van der Waals surface area contributed by atoms with Crippen molar-refractivity contribution in [3.63, 3.8) is 0 Å². The van der Waals surface area contributed by atoms with Gasteiger partial charge in [-0.15, -0.1) is 24.0 Å². The number of rotatable bonds is 8. The lowest BCUT2D eigenvalue weighted by Crippen LogP contribution is -2.37. The largest absolute Gasteiger partial charge is 0.356 e. The summed E-state index contributed by atoms with van der Waals surface area (Å²) < 4.78 is 2.25. The van der Waals surface area contributed by atoms with Crippen LogP contribution in [-0.4, -0.2) is 41.2 Å². The molecule has 3 rings (SSSR count). The molecule has 0 aliphatic rings. The number of halogens is 1. The monoisotopic (exact) mass is 563 g/mol. The second kappa shape index (κ2) is 13.0. The van der Waals surface area contributed by atoms with Gasteiger partial charge in [0.2, 0.25) is 0 Å². The number of benzene rings is 2. The Bertz CT molecular complexity index is 1060. The third-order valence-corrected chi connectivity index (χ3v) is 5.01. The van der Waals surface area contributed by atoms with E-state index >= 15 is 0 Å². The highest BCUT2D eigenvalue weighted by molar-refractivity contribution is 14.0. The van der Waals surface area contributed by atoms with Gasteiger partial charge in [0.1, 0.15) is 5.82 Å². The molecular formula is C24H34IN7O. The Kier molecular flexibility index (Phi) is 10.4. The number of hydrogen-bond donors (Lipinski definition) is 4. The summed E-state index contributed by atoms with van der Waals surface area (Å²) in [6.07, 6.45) is 0.959. The molecule has 0 aliphatic heterocycles. The Morgan fingerprint density at radius 2 is 1.82 bits per heavy atom. The van der Waals surface area contributed by atoms with Crippen molar-refractivity contribution in [2.24, 2.45) is 4.99 Å². The van der Waals surface area contributed by atoms with Crippen LogP contribution in [0, 0.1) is 6.92 Å². The summed E-state index contributed by atoms with van der Waals surface area (Å²) in [5.74, 6) is 1.80. The minimum atomic E-state index is -0.200. The van der Waals surface area contributed by atoms with Crippen LogP contribution in [0.15, 0.2) is 53.5 Å². The van der Waals surface area contributed by atoms with Crippen LogP contribution in [0.5, 0.6) is 0 Å². The molecule has 0 bridgehead atoms. The van der Waals surface area contributed by atoms with Crippen LogP contribution < -0.4 is 21.3 Å². The molecule has 8 nitrogen and oxygen atoms in total. The zero-order valence-corrected chi connectivity index (χ0v) is 22.0. The van der Waals surface area contributed by atoms with Crippen molar-refractivity contribution in [3.8, 4) is 0 Å². The second-order valence-corrected chi connectivity index (χ2v) is 7.96. The van der Waals surface area contributed by atoms with Crippen LogP contribution in [0.3, 0.4) is 0 Å². The molecule has 33 heavy (non-hydrogen) atoms. The number of aliphatic imine (C=N–C) groups is 1. The lowest BCUT2D eigenvalue weighted by atomic mass is 10.2. The molecule has 0 saturated heterocycles. The third-order valence-electron chi connectivity index (χ3n) is 5.01. The highest BCUT2D eigenvalue weighted by atomic mass is 127. The number of para-hydroxylation sites is 2. The fourth-order valence-corrected chi connectivity index (χ4v) is 3.46. The average Bonchev–Trinajstić information content (AvgIpc) is 3.08. The topological polar surface area (TPSA) is 95.4 Å². The molecule has 0 unspecified atom stereocenters. The van der Waals surface area contributed by atoms with Gasteiger partial charge in [-0.3, -0.25) is 4.99 Å². The zero-order valence-electron chi connectivity index (χ0n) is 19.7. The fourth-order valence-electron chi connectivity index (χ4n) is 3.46. The van der Waals surface area contributed by atoms with Gasteiger partial charge in [-0.1, -0.05) is 24.3 Å². The van der Waals surface area contributed by atoms with Crippen LogP contribution in [0.4, 0.5) is 10.5 Å². The van der Waals surface area contributed by atoms with Gasteiger partial charge < -0.3 is 25.8 Å². The average molecular weight is 563 g/mol. The summed E-state index contributed by atoms with van der Waals surface area (Å²) in [5, 5.41) is 12.3. The summed E-state index contributed by atoms with van der Waals surface area (Å²) in [6, 6.07) is 15.9. The predicted octanol–water partition coefficient (Wildman–Crippen LogP) is 4.25. The first-order valence-electron chi connectivity index (χ1n) is 11.0. The number of urea groups is 1. The molecule has 2 aromatic carbocycles. The van der Waals surface area contributed by atoms with Gasteiger partial charge in [0.25, 0.3) is 0 Å². The lowest BCUT2D eigenvalue weighted by Gasteiger charge is -2.13. The van der Waals surface area contributed by atoms with E-state index in [1.165, 1.54) is 5.52 Å². The summed E-state index contributed by atoms with van der Waals surface area (Å²) in [5.41, 5.74) is 4.07. The van der Waals surface area contributed by atoms with Crippen molar-refractivity contribution in [2.45, 2.75) is 46.3 Å². The van der Waals surface area contributed by atoms with Gasteiger partial charge in [0.05, 0.1) is 11.0 Å². The number of carbonyl (C=O) groups excluding carboxylic acids is 1. The third kappa shape index (κ3) is 7.92. The van der Waals surface area contributed by atoms with Crippen molar-refractivity contribution in [3.05, 3.63) is 59.9 Å². The summed E-state index contributed by atoms with van der Waals surface area (Å²) in [6.45, 7) is 8.25. The molecule has 2 amide bonds. The number of hydrogen-bond acceptors (Lipinski definition) is 3. The number of nitrogens with one attached hydrogen (secondary N) is 4. The van der Waals surface area contributed by atoms with E-state index in [9.17, 15) is 4.79 Å². The first kappa shape index (κ1) is 26.4. The summed E-state index contributed by atoms with van der Waals surface area (Å²) in [7, 11) is 1.77. The normalized spacial score (nSPS) is 11.2. The molecule has 0 radical (unpaired) electrons. The maximum absolute atomic E-state index is 11.8. The molecule has 0 atom stereocenters. The van der Waals surface area contributed by atoms with E-state index in [4.69, 9.17) is 0 Å². The molecular weight excluding hydrogens is 529 g/mol. The van der Waals surface area contributed by atoms with Crippen LogP contribution in [-0.2, 0) is 13.1 Å². The van der Waals surface area contributed by atoms with E-state index in [1.54, 1.807) is 7.05 Å². The summed E-state index contributed by atoms with van der Waals surface area (Å²) in [4.78, 5) is 20.7. The number of aryl methyl sites for hydroxylation is 2. The van der Waals surface area contributed by atoms with Gasteiger partial charge in [-0.2, -0.15) is 0 Å². The van der Waals surface area contributed by atoms with Crippen molar-refractivity contribution < 1.29 is 4.79 Å². The standard InChI is InChI=1S/C24H33N7O.HI/c1-17(2)28-24(32)30-20-12-10-19(11-13-20)16-27-23(25-4)26-14-7-15-31-18(3)29-21-8-5-6-9-22(21)31;/h5-6,8-13,17H,7,14-16H2,1-4H3,(H2,25,26,27)(H2,28,30,32);1H.